The van der Waals surface area contributed by atoms with Gasteiger partial charge >= 0.3 is 0 Å². The molecule has 3 heteroatoms. The molecule has 0 heterocycles. The highest BCUT2D eigenvalue weighted by Gasteiger charge is 2.02. The van der Waals surface area contributed by atoms with Crippen LogP contribution in [0, 0.1) is 6.92 Å². The minimum atomic E-state index is 0.347. The SMILES string of the molecule is C=C(Cl)CNCc1cccc(C)c1O. The first-order valence-corrected chi connectivity index (χ1v) is 4.80. The molecule has 2 nitrogen and oxygen atoms in total. The molecule has 0 amide bonds. The van der Waals surface area contributed by atoms with Crippen molar-refractivity contribution in [1.82, 2.24) is 5.32 Å². The average Bonchev–Trinajstić information content (AvgIpc) is 2.12. The van der Waals surface area contributed by atoms with Crippen molar-refractivity contribution < 1.29 is 5.11 Å². The van der Waals surface area contributed by atoms with E-state index >= 15 is 0 Å². The van der Waals surface area contributed by atoms with E-state index in [2.05, 4.69) is 11.9 Å². The van der Waals surface area contributed by atoms with Gasteiger partial charge in [-0.25, -0.2) is 0 Å². The molecule has 0 atom stereocenters. The molecular weight excluding hydrogens is 198 g/mol. The number of phenols is 1. The Morgan fingerprint density at radius 2 is 2.29 bits per heavy atom. The van der Waals surface area contributed by atoms with Gasteiger partial charge in [0.2, 0.25) is 0 Å². The van der Waals surface area contributed by atoms with Crippen LogP contribution in [0.5, 0.6) is 5.75 Å². The third-order valence-electron chi connectivity index (χ3n) is 1.95. The maximum absolute atomic E-state index is 9.67. The van der Waals surface area contributed by atoms with Gasteiger partial charge in [-0.15, -0.1) is 0 Å². The highest BCUT2D eigenvalue weighted by atomic mass is 35.5. The summed E-state index contributed by atoms with van der Waals surface area (Å²) in [5.74, 6) is 0.347. The predicted molar refractivity (Wildman–Crippen MR) is 59.5 cm³/mol. The van der Waals surface area contributed by atoms with Gasteiger partial charge in [0.25, 0.3) is 0 Å². The summed E-state index contributed by atoms with van der Waals surface area (Å²) in [6.07, 6.45) is 0. The fourth-order valence-electron chi connectivity index (χ4n) is 1.20. The molecule has 1 aromatic rings. The maximum atomic E-state index is 9.67. The van der Waals surface area contributed by atoms with E-state index in [4.69, 9.17) is 11.6 Å². The number of benzene rings is 1. The van der Waals surface area contributed by atoms with E-state index in [-0.39, 0.29) is 0 Å². The minimum Gasteiger partial charge on any atom is -0.507 e. The summed E-state index contributed by atoms with van der Waals surface area (Å²) in [5.41, 5.74) is 1.76. The first kappa shape index (κ1) is 11.1. The lowest BCUT2D eigenvalue weighted by Crippen LogP contribution is -2.14. The van der Waals surface area contributed by atoms with Crippen LogP contribution in [0.3, 0.4) is 0 Å². The van der Waals surface area contributed by atoms with Crippen LogP contribution >= 0.6 is 11.6 Å². The highest BCUT2D eigenvalue weighted by molar-refractivity contribution is 6.29. The lowest BCUT2D eigenvalue weighted by Gasteiger charge is -2.07. The Labute approximate surface area is 89.2 Å². The molecule has 0 saturated heterocycles. The summed E-state index contributed by atoms with van der Waals surface area (Å²) in [7, 11) is 0. The first-order chi connectivity index (χ1) is 6.61. The van der Waals surface area contributed by atoms with Gasteiger partial charge in [-0.2, -0.15) is 0 Å². The molecule has 0 aliphatic carbocycles. The van der Waals surface area contributed by atoms with Gasteiger partial charge in [-0.05, 0) is 12.5 Å². The third-order valence-corrected chi connectivity index (χ3v) is 2.09. The van der Waals surface area contributed by atoms with Crippen molar-refractivity contribution in [3.8, 4) is 5.75 Å². The zero-order chi connectivity index (χ0) is 10.6. The van der Waals surface area contributed by atoms with Gasteiger partial charge in [-0.3, -0.25) is 0 Å². The van der Waals surface area contributed by atoms with Crippen molar-refractivity contribution in [2.45, 2.75) is 13.5 Å². The molecule has 14 heavy (non-hydrogen) atoms. The summed E-state index contributed by atoms with van der Waals surface area (Å²) < 4.78 is 0. The van der Waals surface area contributed by atoms with E-state index in [1.165, 1.54) is 0 Å². The molecule has 1 aromatic carbocycles. The van der Waals surface area contributed by atoms with Crippen LogP contribution < -0.4 is 5.32 Å². The van der Waals surface area contributed by atoms with Crippen LogP contribution in [0.2, 0.25) is 0 Å². The van der Waals surface area contributed by atoms with Crippen molar-refractivity contribution in [2.24, 2.45) is 0 Å². The Morgan fingerprint density at radius 1 is 1.57 bits per heavy atom. The van der Waals surface area contributed by atoms with Crippen LogP contribution in [-0.2, 0) is 6.54 Å². The predicted octanol–water partition coefficient (Wildman–Crippen LogP) is 2.54. The monoisotopic (exact) mass is 211 g/mol. The van der Waals surface area contributed by atoms with Gasteiger partial charge in [0.1, 0.15) is 5.75 Å². The van der Waals surface area contributed by atoms with Gasteiger partial charge < -0.3 is 10.4 Å². The van der Waals surface area contributed by atoms with Crippen LogP contribution in [0.4, 0.5) is 0 Å². The van der Waals surface area contributed by atoms with Crippen LogP contribution in [0.25, 0.3) is 0 Å². The lowest BCUT2D eigenvalue weighted by atomic mass is 10.1. The van der Waals surface area contributed by atoms with E-state index in [0.29, 0.717) is 23.9 Å². The molecule has 0 aromatic heterocycles. The second-order valence-electron chi connectivity index (χ2n) is 3.20. The van der Waals surface area contributed by atoms with E-state index < -0.39 is 0 Å². The average molecular weight is 212 g/mol. The number of phenolic OH excluding ortho intramolecular Hbond substituents is 1. The minimum absolute atomic E-state index is 0.347. The standard InChI is InChI=1S/C11H14ClNO/c1-8-4-3-5-10(11(8)14)7-13-6-9(2)12/h3-5,13-14H,2,6-7H2,1H3. The van der Waals surface area contributed by atoms with E-state index in [1.54, 1.807) is 0 Å². The Bertz CT molecular complexity index is 336. The number of para-hydroxylation sites is 1. The molecule has 76 valence electrons. The Morgan fingerprint density at radius 3 is 2.93 bits per heavy atom. The summed E-state index contributed by atoms with van der Waals surface area (Å²) in [4.78, 5) is 0. The third kappa shape index (κ3) is 3.05. The number of aryl methyl sites for hydroxylation is 1. The molecule has 1 rings (SSSR count). The van der Waals surface area contributed by atoms with Gasteiger partial charge in [-0.1, -0.05) is 36.4 Å². The summed E-state index contributed by atoms with van der Waals surface area (Å²) in [6, 6.07) is 5.67. The van der Waals surface area contributed by atoms with E-state index in [9.17, 15) is 5.11 Å². The maximum Gasteiger partial charge on any atom is 0.122 e. The molecule has 0 bridgehead atoms. The molecular formula is C11H14ClNO. The number of nitrogens with one attached hydrogen (secondary N) is 1. The van der Waals surface area contributed by atoms with Gasteiger partial charge in [0, 0.05) is 23.7 Å². The number of rotatable bonds is 4. The second-order valence-corrected chi connectivity index (χ2v) is 3.74. The molecule has 0 saturated carbocycles. The molecule has 0 aliphatic heterocycles. The van der Waals surface area contributed by atoms with Crippen LogP contribution in [0.15, 0.2) is 29.8 Å². The van der Waals surface area contributed by atoms with Gasteiger partial charge in [0.05, 0.1) is 0 Å². The Kier molecular flexibility index (Phi) is 3.98. The topological polar surface area (TPSA) is 32.3 Å². The van der Waals surface area contributed by atoms with Crippen molar-refractivity contribution in [3.05, 3.63) is 40.9 Å². The number of hydrogen-bond donors (Lipinski definition) is 2. The summed E-state index contributed by atoms with van der Waals surface area (Å²) in [6.45, 7) is 6.59. The zero-order valence-corrected chi connectivity index (χ0v) is 8.93. The molecule has 0 aliphatic rings. The fraction of sp³-hybridized carbons (Fsp3) is 0.273. The van der Waals surface area contributed by atoms with Crippen molar-refractivity contribution >= 4 is 11.6 Å². The summed E-state index contributed by atoms with van der Waals surface area (Å²) in [5, 5.41) is 13.3. The number of aromatic hydroxyl groups is 1. The highest BCUT2D eigenvalue weighted by Crippen LogP contribution is 2.20. The smallest absolute Gasteiger partial charge is 0.122 e. The van der Waals surface area contributed by atoms with Crippen LogP contribution in [0.1, 0.15) is 11.1 Å². The largest absolute Gasteiger partial charge is 0.507 e. The Balaban J connectivity index is 2.59. The normalized spacial score (nSPS) is 10.1. The summed E-state index contributed by atoms with van der Waals surface area (Å²) >= 11 is 5.60. The molecule has 0 unspecified atom stereocenters. The Hall–Kier alpha value is -0.990. The quantitative estimate of drug-likeness (QED) is 0.803. The lowest BCUT2D eigenvalue weighted by molar-refractivity contribution is 0.461. The number of halogens is 1. The van der Waals surface area contributed by atoms with Crippen molar-refractivity contribution in [3.63, 3.8) is 0 Å². The zero-order valence-electron chi connectivity index (χ0n) is 8.18. The molecule has 2 N–H and O–H groups in total. The fourth-order valence-corrected chi connectivity index (χ4v) is 1.29. The second kappa shape index (κ2) is 5.03. The molecule has 0 fully saturated rings. The molecule has 0 spiro atoms. The number of hydrogen-bond acceptors (Lipinski definition) is 2. The van der Waals surface area contributed by atoms with Crippen LogP contribution in [-0.4, -0.2) is 11.7 Å². The molecule has 0 radical (unpaired) electrons. The van der Waals surface area contributed by atoms with E-state index in [1.807, 2.05) is 25.1 Å². The first-order valence-electron chi connectivity index (χ1n) is 4.42. The van der Waals surface area contributed by atoms with Crippen molar-refractivity contribution in [2.75, 3.05) is 6.54 Å². The van der Waals surface area contributed by atoms with Gasteiger partial charge in [0.15, 0.2) is 0 Å². The van der Waals surface area contributed by atoms with Crippen molar-refractivity contribution in [1.29, 1.82) is 0 Å². The van der Waals surface area contributed by atoms with E-state index in [0.717, 1.165) is 11.1 Å².